The third-order valence-corrected chi connectivity index (χ3v) is 4.60. The first-order valence-corrected chi connectivity index (χ1v) is 9.87. The molecule has 0 bridgehead atoms. The van der Waals surface area contributed by atoms with Gasteiger partial charge in [-0.2, -0.15) is 5.10 Å². The summed E-state index contributed by atoms with van der Waals surface area (Å²) >= 11 is 18.3. The first-order chi connectivity index (χ1) is 13.8. The van der Waals surface area contributed by atoms with E-state index in [9.17, 15) is 9.59 Å². The van der Waals surface area contributed by atoms with Crippen molar-refractivity contribution in [1.82, 2.24) is 10.7 Å². The van der Waals surface area contributed by atoms with E-state index in [-0.39, 0.29) is 12.5 Å². The van der Waals surface area contributed by atoms with Crippen molar-refractivity contribution < 1.29 is 14.3 Å². The highest BCUT2D eigenvalue weighted by Gasteiger charge is 2.13. The minimum Gasteiger partial charge on any atom is -0.488 e. The van der Waals surface area contributed by atoms with Gasteiger partial charge in [-0.15, -0.1) is 0 Å². The molecular formula is C20H20Cl3N3O3. The molecule has 9 heteroatoms. The molecule has 2 aromatic carbocycles. The Labute approximate surface area is 184 Å². The summed E-state index contributed by atoms with van der Waals surface area (Å²) in [4.78, 5) is 23.4. The molecule has 29 heavy (non-hydrogen) atoms. The second-order valence-corrected chi connectivity index (χ2v) is 7.72. The van der Waals surface area contributed by atoms with Crippen LogP contribution < -0.4 is 15.5 Å². The predicted octanol–water partition coefficient (Wildman–Crippen LogP) is 4.45. The summed E-state index contributed by atoms with van der Waals surface area (Å²) in [7, 11) is 0. The molecule has 2 amide bonds. The maximum atomic E-state index is 11.8. The van der Waals surface area contributed by atoms with E-state index in [0.29, 0.717) is 38.5 Å². The lowest BCUT2D eigenvalue weighted by atomic mass is 10.2. The summed E-state index contributed by atoms with van der Waals surface area (Å²) in [5.41, 5.74) is 3.32. The van der Waals surface area contributed by atoms with Crippen LogP contribution in [0.2, 0.25) is 15.1 Å². The highest BCUT2D eigenvalue weighted by Crippen LogP contribution is 2.27. The number of nitrogens with one attached hydrogen (secondary N) is 2. The third kappa shape index (κ3) is 7.24. The standard InChI is InChI=1S/C20H20Cl3N3O3/c1-12(2)9-24-19(27)20(28)26-25-10-13-8-14(21)6-7-18(13)29-11-15-16(22)4-3-5-17(15)23/h3-8,10,12H,9,11H2,1-2H3,(H,24,27)(H,26,28)/b25-10-. The molecule has 0 aliphatic heterocycles. The normalized spacial score (nSPS) is 11.0. The van der Waals surface area contributed by atoms with Crippen LogP contribution in [0.5, 0.6) is 5.75 Å². The molecular weight excluding hydrogens is 437 g/mol. The summed E-state index contributed by atoms with van der Waals surface area (Å²) in [6.45, 7) is 4.37. The average molecular weight is 457 g/mol. The molecule has 0 unspecified atom stereocenters. The molecule has 154 valence electrons. The van der Waals surface area contributed by atoms with Gasteiger partial charge in [0.15, 0.2) is 0 Å². The summed E-state index contributed by atoms with van der Waals surface area (Å²) in [5.74, 6) is -0.943. The average Bonchev–Trinajstić information content (AvgIpc) is 2.66. The molecule has 0 heterocycles. The van der Waals surface area contributed by atoms with Crippen molar-refractivity contribution >= 4 is 52.8 Å². The van der Waals surface area contributed by atoms with Gasteiger partial charge in [0.25, 0.3) is 0 Å². The smallest absolute Gasteiger partial charge is 0.329 e. The number of benzene rings is 2. The molecule has 0 spiro atoms. The monoisotopic (exact) mass is 455 g/mol. The zero-order valence-electron chi connectivity index (χ0n) is 15.8. The molecule has 0 aliphatic carbocycles. The summed E-state index contributed by atoms with van der Waals surface area (Å²) in [5, 5.41) is 7.74. The first kappa shape index (κ1) is 23.0. The predicted molar refractivity (Wildman–Crippen MR) is 116 cm³/mol. The van der Waals surface area contributed by atoms with Crippen LogP contribution in [0.1, 0.15) is 25.0 Å². The van der Waals surface area contributed by atoms with Crippen LogP contribution in [0.15, 0.2) is 41.5 Å². The number of hydrogen-bond donors (Lipinski definition) is 2. The molecule has 0 radical (unpaired) electrons. The van der Waals surface area contributed by atoms with E-state index < -0.39 is 11.8 Å². The maximum Gasteiger partial charge on any atom is 0.329 e. The first-order valence-electron chi connectivity index (χ1n) is 8.74. The number of amides is 2. The Balaban J connectivity index is 2.05. The van der Waals surface area contributed by atoms with Crippen molar-refractivity contribution in [3.05, 3.63) is 62.6 Å². The molecule has 0 atom stereocenters. The molecule has 2 N–H and O–H groups in total. The maximum absolute atomic E-state index is 11.8. The molecule has 6 nitrogen and oxygen atoms in total. The van der Waals surface area contributed by atoms with Crippen molar-refractivity contribution in [3.63, 3.8) is 0 Å². The second kappa shape index (κ2) is 11.0. The van der Waals surface area contributed by atoms with Crippen LogP contribution in [0, 0.1) is 5.92 Å². The molecule has 0 fully saturated rings. The Morgan fingerprint density at radius 2 is 1.79 bits per heavy atom. The fourth-order valence-electron chi connectivity index (χ4n) is 2.16. The fourth-order valence-corrected chi connectivity index (χ4v) is 2.85. The lowest BCUT2D eigenvalue weighted by Gasteiger charge is -2.12. The Morgan fingerprint density at radius 3 is 2.45 bits per heavy atom. The van der Waals surface area contributed by atoms with Gasteiger partial charge in [-0.1, -0.05) is 54.7 Å². The Morgan fingerprint density at radius 1 is 1.10 bits per heavy atom. The van der Waals surface area contributed by atoms with E-state index >= 15 is 0 Å². The highest BCUT2D eigenvalue weighted by atomic mass is 35.5. The zero-order valence-corrected chi connectivity index (χ0v) is 18.1. The lowest BCUT2D eigenvalue weighted by Crippen LogP contribution is -2.39. The van der Waals surface area contributed by atoms with Gasteiger partial charge in [0, 0.05) is 32.7 Å². The van der Waals surface area contributed by atoms with Crippen molar-refractivity contribution in [1.29, 1.82) is 0 Å². The Kier molecular flexibility index (Phi) is 8.76. The number of hydrogen-bond acceptors (Lipinski definition) is 4. The highest BCUT2D eigenvalue weighted by molar-refractivity contribution is 6.36. The van der Waals surface area contributed by atoms with Gasteiger partial charge in [0.05, 0.1) is 6.21 Å². The number of rotatable bonds is 7. The van der Waals surface area contributed by atoms with E-state index in [1.54, 1.807) is 36.4 Å². The molecule has 2 rings (SSSR count). The quantitative estimate of drug-likeness (QED) is 0.367. The lowest BCUT2D eigenvalue weighted by molar-refractivity contribution is -0.139. The van der Waals surface area contributed by atoms with Crippen molar-refractivity contribution in [2.45, 2.75) is 20.5 Å². The fraction of sp³-hybridized carbons (Fsp3) is 0.250. The SMILES string of the molecule is CC(C)CNC(=O)C(=O)N/N=C\c1cc(Cl)ccc1OCc1c(Cl)cccc1Cl. The number of hydrazone groups is 1. The van der Waals surface area contributed by atoms with Crippen LogP contribution in [0.3, 0.4) is 0 Å². The topological polar surface area (TPSA) is 79.8 Å². The van der Waals surface area contributed by atoms with Crippen LogP contribution in [0.25, 0.3) is 0 Å². The number of carbonyl (C=O) groups is 2. The van der Waals surface area contributed by atoms with Gasteiger partial charge < -0.3 is 10.1 Å². The number of ether oxygens (including phenoxy) is 1. The van der Waals surface area contributed by atoms with E-state index in [1.165, 1.54) is 6.21 Å². The number of halogens is 3. The van der Waals surface area contributed by atoms with Crippen LogP contribution in [-0.4, -0.2) is 24.6 Å². The molecule has 0 saturated carbocycles. The van der Waals surface area contributed by atoms with Gasteiger partial charge in [-0.05, 0) is 36.2 Å². The van der Waals surface area contributed by atoms with E-state index in [4.69, 9.17) is 39.5 Å². The minimum atomic E-state index is -0.866. The minimum absolute atomic E-state index is 0.130. The summed E-state index contributed by atoms with van der Waals surface area (Å²) < 4.78 is 5.80. The van der Waals surface area contributed by atoms with Crippen molar-refractivity contribution in [2.24, 2.45) is 11.0 Å². The molecule has 2 aromatic rings. The zero-order chi connectivity index (χ0) is 21.4. The number of nitrogens with zero attached hydrogens (tertiary/aromatic N) is 1. The molecule has 0 saturated heterocycles. The van der Waals surface area contributed by atoms with Gasteiger partial charge >= 0.3 is 11.8 Å². The van der Waals surface area contributed by atoms with Crippen LogP contribution in [0.4, 0.5) is 0 Å². The summed E-state index contributed by atoms with van der Waals surface area (Å²) in [6.07, 6.45) is 1.34. The molecule has 0 aromatic heterocycles. The van der Waals surface area contributed by atoms with E-state index in [0.717, 1.165) is 0 Å². The van der Waals surface area contributed by atoms with Gasteiger partial charge in [0.2, 0.25) is 0 Å². The largest absolute Gasteiger partial charge is 0.488 e. The Hall–Kier alpha value is -2.28. The van der Waals surface area contributed by atoms with Crippen LogP contribution >= 0.6 is 34.8 Å². The van der Waals surface area contributed by atoms with E-state index in [1.807, 2.05) is 13.8 Å². The second-order valence-electron chi connectivity index (χ2n) is 6.47. The van der Waals surface area contributed by atoms with Gasteiger partial charge in [-0.3, -0.25) is 9.59 Å². The van der Waals surface area contributed by atoms with Crippen molar-refractivity contribution in [3.8, 4) is 5.75 Å². The number of carbonyl (C=O) groups excluding carboxylic acids is 2. The molecule has 0 aliphatic rings. The van der Waals surface area contributed by atoms with Crippen molar-refractivity contribution in [2.75, 3.05) is 6.54 Å². The third-order valence-electron chi connectivity index (χ3n) is 3.65. The van der Waals surface area contributed by atoms with E-state index in [2.05, 4.69) is 15.8 Å². The van der Waals surface area contributed by atoms with Gasteiger partial charge in [0.1, 0.15) is 12.4 Å². The van der Waals surface area contributed by atoms with Crippen LogP contribution in [-0.2, 0) is 16.2 Å². The summed E-state index contributed by atoms with van der Waals surface area (Å²) in [6, 6.07) is 10.1. The van der Waals surface area contributed by atoms with Gasteiger partial charge in [-0.25, -0.2) is 5.43 Å². The Bertz CT molecular complexity index is 897.